The molecule has 51 heavy (non-hydrogen) atoms. The summed E-state index contributed by atoms with van der Waals surface area (Å²) in [4.78, 5) is 26.8. The number of aromatic carboxylic acids is 1. The number of halogens is 6. The van der Waals surface area contributed by atoms with Gasteiger partial charge in [-0.15, -0.1) is 0 Å². The molecule has 4 aromatic carbocycles. The number of carbonyl (C=O) groups excluding carboxylic acids is 1. The molecule has 2 N–H and O–H groups in total. The summed E-state index contributed by atoms with van der Waals surface area (Å²) in [5.41, 5.74) is 0.795. The molecule has 8 nitrogen and oxygen atoms in total. The van der Waals surface area contributed by atoms with Gasteiger partial charge in [0.2, 0.25) is 15.9 Å². The summed E-state index contributed by atoms with van der Waals surface area (Å²) in [6.45, 7) is -0.155. The molecule has 6 rings (SSSR count). The third-order valence-electron chi connectivity index (χ3n) is 8.83. The Labute approximate surface area is 304 Å². The van der Waals surface area contributed by atoms with Crippen LogP contribution < -0.4 is 14.4 Å². The number of nitrogens with one attached hydrogen (secondary N) is 1. The van der Waals surface area contributed by atoms with Crippen LogP contribution in [-0.4, -0.2) is 38.3 Å². The van der Waals surface area contributed by atoms with Crippen molar-refractivity contribution in [3.05, 3.63) is 121 Å². The van der Waals surface area contributed by atoms with Crippen LogP contribution in [0.3, 0.4) is 0 Å². The quantitative estimate of drug-likeness (QED) is 0.0795. The zero-order valence-electron chi connectivity index (χ0n) is 26.9. The molecule has 0 aromatic heterocycles. The smallest absolute Gasteiger partial charge is 0.335 e. The molecule has 2 aliphatic carbocycles. The Morgan fingerprint density at radius 2 is 1.57 bits per heavy atom. The Hall–Kier alpha value is -4.14. The predicted octanol–water partition coefficient (Wildman–Crippen LogP) is 8.69. The number of amides is 1. The lowest BCUT2D eigenvalue weighted by atomic mass is 9.99. The first-order valence-electron chi connectivity index (χ1n) is 15.8. The molecule has 268 valence electrons. The van der Waals surface area contributed by atoms with Gasteiger partial charge in [-0.25, -0.2) is 30.8 Å². The van der Waals surface area contributed by atoms with Gasteiger partial charge in [0.05, 0.1) is 35.6 Å². The van der Waals surface area contributed by atoms with Gasteiger partial charge in [0, 0.05) is 16.5 Å². The number of carboxylic acid groups (broad SMARTS) is 1. The molecule has 0 spiro atoms. The number of nitrogens with zero attached hydrogens (tertiary/aromatic N) is 1. The number of rotatable bonds is 13. The molecule has 1 amide bonds. The Bertz CT molecular complexity index is 2150. The number of carboxylic acids is 1. The Kier molecular flexibility index (Phi) is 10.4. The van der Waals surface area contributed by atoms with Crippen LogP contribution in [0.1, 0.15) is 75.7 Å². The summed E-state index contributed by atoms with van der Waals surface area (Å²) < 4.78 is 94.2. The van der Waals surface area contributed by atoms with Crippen LogP contribution in [0.25, 0.3) is 0 Å². The van der Waals surface area contributed by atoms with Crippen LogP contribution in [0, 0.1) is 23.3 Å². The highest BCUT2D eigenvalue weighted by molar-refractivity contribution is 9.10. The van der Waals surface area contributed by atoms with Gasteiger partial charge in [-0.1, -0.05) is 41.9 Å². The lowest BCUT2D eigenvalue weighted by molar-refractivity contribution is -0.116. The first kappa shape index (κ1) is 36.6. The second kappa shape index (κ2) is 14.5. The van der Waals surface area contributed by atoms with Gasteiger partial charge in [0.15, 0.2) is 23.3 Å². The van der Waals surface area contributed by atoms with Crippen molar-refractivity contribution in [3.8, 4) is 5.75 Å². The van der Waals surface area contributed by atoms with Gasteiger partial charge >= 0.3 is 5.97 Å². The molecule has 2 saturated carbocycles. The number of benzene rings is 4. The van der Waals surface area contributed by atoms with Crippen molar-refractivity contribution in [2.45, 2.75) is 50.5 Å². The van der Waals surface area contributed by atoms with Crippen molar-refractivity contribution in [1.82, 2.24) is 0 Å². The summed E-state index contributed by atoms with van der Waals surface area (Å²) >= 11 is 9.46. The molecule has 2 aliphatic rings. The zero-order valence-corrected chi connectivity index (χ0v) is 30.1. The van der Waals surface area contributed by atoms with Crippen LogP contribution in [0.15, 0.2) is 59.1 Å². The maximum Gasteiger partial charge on any atom is 0.335 e. The average Bonchev–Trinajstić information content (AvgIpc) is 4.02. The summed E-state index contributed by atoms with van der Waals surface area (Å²) in [7, 11) is -3.71. The number of carbonyl (C=O) groups is 2. The molecule has 0 atom stereocenters. The minimum atomic E-state index is -4.96. The van der Waals surface area contributed by atoms with Crippen molar-refractivity contribution >= 4 is 60.8 Å². The van der Waals surface area contributed by atoms with Crippen molar-refractivity contribution in [2.75, 3.05) is 22.5 Å². The molecule has 0 radical (unpaired) electrons. The van der Waals surface area contributed by atoms with E-state index in [9.17, 15) is 31.9 Å². The molecule has 0 saturated heterocycles. The fourth-order valence-corrected chi connectivity index (χ4v) is 7.60. The van der Waals surface area contributed by atoms with E-state index in [2.05, 4.69) is 22.0 Å². The Balaban J connectivity index is 1.37. The molecule has 15 heteroatoms. The number of ether oxygens (including phenoxy) is 1. The van der Waals surface area contributed by atoms with E-state index in [0.717, 1.165) is 41.7 Å². The number of hydrogen-bond acceptors (Lipinski definition) is 5. The van der Waals surface area contributed by atoms with E-state index in [1.165, 1.54) is 37.4 Å². The minimum Gasteiger partial charge on any atom is -0.495 e. The topological polar surface area (TPSA) is 113 Å². The van der Waals surface area contributed by atoms with E-state index in [-0.39, 0.29) is 34.1 Å². The van der Waals surface area contributed by atoms with Crippen LogP contribution in [0.5, 0.6) is 5.75 Å². The van der Waals surface area contributed by atoms with Crippen molar-refractivity contribution in [2.24, 2.45) is 0 Å². The maximum absolute atomic E-state index is 15.3. The zero-order chi connectivity index (χ0) is 36.8. The van der Waals surface area contributed by atoms with E-state index in [1.54, 1.807) is 10.8 Å². The van der Waals surface area contributed by atoms with Gasteiger partial charge in [0.1, 0.15) is 11.5 Å². The second-order valence-corrected chi connectivity index (χ2v) is 15.5. The highest BCUT2D eigenvalue weighted by atomic mass is 79.9. The normalized spacial score (nSPS) is 14.3. The minimum absolute atomic E-state index is 0.0418. The molecule has 0 heterocycles. The summed E-state index contributed by atoms with van der Waals surface area (Å²) in [5.74, 6) is -11.3. The number of anilines is 2. The predicted molar refractivity (Wildman–Crippen MR) is 187 cm³/mol. The van der Waals surface area contributed by atoms with E-state index < -0.39 is 68.6 Å². The van der Waals surface area contributed by atoms with Crippen molar-refractivity contribution in [1.29, 1.82) is 0 Å². The molecule has 0 aliphatic heterocycles. The molecule has 0 bridgehead atoms. The monoisotopic (exact) mass is 808 g/mol. The largest absolute Gasteiger partial charge is 0.495 e. The fraction of sp³-hybridized carbons (Fsp3) is 0.278. The lowest BCUT2D eigenvalue weighted by Crippen LogP contribution is -2.37. The van der Waals surface area contributed by atoms with Gasteiger partial charge in [-0.3, -0.25) is 9.52 Å². The first-order chi connectivity index (χ1) is 24.2. The van der Waals surface area contributed by atoms with E-state index in [0.29, 0.717) is 21.9 Å². The van der Waals surface area contributed by atoms with Crippen molar-refractivity contribution in [3.63, 3.8) is 0 Å². The molecule has 4 aromatic rings. The summed E-state index contributed by atoms with van der Waals surface area (Å²) in [5, 5.41) is 9.57. The van der Waals surface area contributed by atoms with Gasteiger partial charge in [-0.05, 0) is 100.0 Å². The standard InChI is InChI=1S/C36H30BrClF4N2O6S/c1-50-28-15-22(36(46)47)9-10-27(28)44(16-18-11-23(19-5-6-19)13-24(12-18)20-7-8-20)29(45)17-51(48,49)43-35-25(31(39)32(40)33(41)34(35)42)14-21-3-2-4-26(37)30(21)38/h2-4,9-13,15,19-20,43H,5-8,14,16-17H2,1H3,(H,46,47). The van der Waals surface area contributed by atoms with Gasteiger partial charge in [0.25, 0.3) is 0 Å². The Morgan fingerprint density at radius 3 is 2.16 bits per heavy atom. The fourth-order valence-electron chi connectivity index (χ4n) is 5.92. The average molecular weight is 810 g/mol. The Morgan fingerprint density at radius 1 is 0.941 bits per heavy atom. The van der Waals surface area contributed by atoms with Crippen LogP contribution in [0.4, 0.5) is 28.9 Å². The molecule has 0 unspecified atom stereocenters. The number of methoxy groups -OCH3 is 1. The third-order valence-corrected chi connectivity index (χ3v) is 11.3. The lowest BCUT2D eigenvalue weighted by Gasteiger charge is -2.26. The van der Waals surface area contributed by atoms with Crippen LogP contribution >= 0.6 is 27.5 Å². The maximum atomic E-state index is 15.3. The molecule has 2 fully saturated rings. The van der Waals surface area contributed by atoms with Crippen molar-refractivity contribution < 1.29 is 45.4 Å². The van der Waals surface area contributed by atoms with E-state index in [1.807, 2.05) is 12.1 Å². The number of hydrogen-bond donors (Lipinski definition) is 2. The third kappa shape index (κ3) is 8.02. The first-order valence-corrected chi connectivity index (χ1v) is 18.6. The van der Waals surface area contributed by atoms with Gasteiger partial charge < -0.3 is 14.7 Å². The molecular formula is C36H30BrClF4N2O6S. The van der Waals surface area contributed by atoms with E-state index in [4.69, 9.17) is 16.3 Å². The highest BCUT2D eigenvalue weighted by Crippen LogP contribution is 2.46. The van der Waals surface area contributed by atoms with E-state index >= 15 is 8.78 Å². The van der Waals surface area contributed by atoms with Gasteiger partial charge in [-0.2, -0.15) is 0 Å². The SMILES string of the molecule is COc1cc(C(=O)O)ccc1N(Cc1cc(C2CC2)cc(C2CC2)c1)C(=O)CS(=O)(=O)Nc1c(F)c(F)c(F)c(F)c1Cc1cccc(Br)c1Cl. The van der Waals surface area contributed by atoms with Crippen LogP contribution in [0.2, 0.25) is 5.02 Å². The molecular weight excluding hydrogens is 780 g/mol. The second-order valence-electron chi connectivity index (χ2n) is 12.6. The summed E-state index contributed by atoms with van der Waals surface area (Å²) in [6, 6.07) is 14.2. The number of sulfonamides is 1. The highest BCUT2D eigenvalue weighted by Gasteiger charge is 2.33. The summed E-state index contributed by atoms with van der Waals surface area (Å²) in [6.07, 6.45) is 3.41. The van der Waals surface area contributed by atoms with Crippen LogP contribution in [-0.2, 0) is 27.8 Å².